The van der Waals surface area contributed by atoms with Crippen molar-refractivity contribution in [3.05, 3.63) is 71.8 Å². The van der Waals surface area contributed by atoms with Gasteiger partial charge in [-0.3, -0.25) is 4.79 Å². The van der Waals surface area contributed by atoms with Crippen molar-refractivity contribution in [3.8, 4) is 0 Å². The van der Waals surface area contributed by atoms with E-state index in [4.69, 9.17) is 9.47 Å². The van der Waals surface area contributed by atoms with Crippen molar-refractivity contribution >= 4 is 11.9 Å². The first-order valence-electron chi connectivity index (χ1n) is 7.66. The fourth-order valence-electron chi connectivity index (χ4n) is 2.55. The standard InChI is InChI=1S/C19H20O5/c1-3-16(20)24-18(22)19(17(21)23-2,14-10-6-4-7-11-14)15-12-8-5-9-13-15/h4-13,16,20H,3H2,1-2H3. The van der Waals surface area contributed by atoms with Gasteiger partial charge in [-0.05, 0) is 11.1 Å². The molecule has 0 aliphatic heterocycles. The monoisotopic (exact) mass is 328 g/mol. The van der Waals surface area contributed by atoms with Gasteiger partial charge in [0.15, 0.2) is 6.29 Å². The van der Waals surface area contributed by atoms with Gasteiger partial charge in [-0.1, -0.05) is 67.6 Å². The van der Waals surface area contributed by atoms with Gasteiger partial charge in [0.2, 0.25) is 5.41 Å². The van der Waals surface area contributed by atoms with Crippen molar-refractivity contribution in [2.75, 3.05) is 7.11 Å². The first-order chi connectivity index (χ1) is 11.6. The highest BCUT2D eigenvalue weighted by Crippen LogP contribution is 2.35. The minimum Gasteiger partial charge on any atom is -0.468 e. The topological polar surface area (TPSA) is 72.8 Å². The summed E-state index contributed by atoms with van der Waals surface area (Å²) in [6.07, 6.45) is -1.08. The molecule has 2 aromatic carbocycles. The second kappa shape index (κ2) is 7.75. The summed E-state index contributed by atoms with van der Waals surface area (Å²) in [4.78, 5) is 25.7. The fraction of sp³-hybridized carbons (Fsp3) is 0.263. The van der Waals surface area contributed by atoms with Gasteiger partial charge in [0.25, 0.3) is 0 Å². The third-order valence-electron chi connectivity index (χ3n) is 3.80. The number of carbonyl (C=O) groups is 2. The van der Waals surface area contributed by atoms with E-state index in [-0.39, 0.29) is 6.42 Å². The molecule has 5 nitrogen and oxygen atoms in total. The molecule has 0 saturated carbocycles. The van der Waals surface area contributed by atoms with Gasteiger partial charge in [0.1, 0.15) is 0 Å². The van der Waals surface area contributed by atoms with Crippen LogP contribution < -0.4 is 0 Å². The maximum Gasteiger partial charge on any atom is 0.335 e. The summed E-state index contributed by atoms with van der Waals surface area (Å²) >= 11 is 0. The number of benzene rings is 2. The highest BCUT2D eigenvalue weighted by Gasteiger charge is 2.52. The second-order valence-electron chi connectivity index (χ2n) is 5.24. The van der Waals surface area contributed by atoms with Crippen LogP contribution in [-0.4, -0.2) is 30.4 Å². The predicted molar refractivity (Wildman–Crippen MR) is 88.1 cm³/mol. The van der Waals surface area contributed by atoms with Gasteiger partial charge in [-0.15, -0.1) is 0 Å². The van der Waals surface area contributed by atoms with Crippen LogP contribution in [0.3, 0.4) is 0 Å². The van der Waals surface area contributed by atoms with E-state index in [0.717, 1.165) is 0 Å². The Hall–Kier alpha value is -2.66. The number of hydrogen-bond donors (Lipinski definition) is 1. The molecule has 1 unspecified atom stereocenters. The Morgan fingerprint density at radius 1 is 0.958 bits per heavy atom. The molecule has 2 aromatic rings. The largest absolute Gasteiger partial charge is 0.468 e. The molecule has 0 radical (unpaired) electrons. The van der Waals surface area contributed by atoms with Crippen molar-refractivity contribution in [2.24, 2.45) is 0 Å². The summed E-state index contributed by atoms with van der Waals surface area (Å²) in [6, 6.07) is 17.1. The van der Waals surface area contributed by atoms with Crippen LogP contribution in [0.2, 0.25) is 0 Å². The van der Waals surface area contributed by atoms with E-state index in [9.17, 15) is 14.7 Å². The summed E-state index contributed by atoms with van der Waals surface area (Å²) < 4.78 is 10.1. The summed E-state index contributed by atoms with van der Waals surface area (Å²) in [5, 5.41) is 9.74. The van der Waals surface area contributed by atoms with Crippen LogP contribution in [0, 0.1) is 0 Å². The molecule has 126 valence electrons. The van der Waals surface area contributed by atoms with Crippen molar-refractivity contribution in [1.82, 2.24) is 0 Å². The summed E-state index contributed by atoms with van der Waals surface area (Å²) in [7, 11) is 1.21. The number of methoxy groups -OCH3 is 1. The average molecular weight is 328 g/mol. The summed E-state index contributed by atoms with van der Waals surface area (Å²) in [6.45, 7) is 1.67. The zero-order chi connectivity index (χ0) is 17.6. The van der Waals surface area contributed by atoms with Crippen molar-refractivity contribution in [1.29, 1.82) is 0 Å². The van der Waals surface area contributed by atoms with E-state index >= 15 is 0 Å². The number of rotatable bonds is 6. The second-order valence-corrected chi connectivity index (χ2v) is 5.24. The van der Waals surface area contributed by atoms with Gasteiger partial charge >= 0.3 is 11.9 Å². The molecule has 0 spiro atoms. The van der Waals surface area contributed by atoms with Crippen molar-refractivity contribution < 1.29 is 24.2 Å². The van der Waals surface area contributed by atoms with Gasteiger partial charge in [0, 0.05) is 6.42 Å². The van der Waals surface area contributed by atoms with E-state index < -0.39 is 23.6 Å². The molecular weight excluding hydrogens is 308 g/mol. The van der Waals surface area contributed by atoms with Crippen molar-refractivity contribution in [3.63, 3.8) is 0 Å². The van der Waals surface area contributed by atoms with E-state index in [2.05, 4.69) is 0 Å². The third kappa shape index (κ3) is 3.16. The third-order valence-corrected chi connectivity index (χ3v) is 3.80. The molecule has 1 N–H and O–H groups in total. The smallest absolute Gasteiger partial charge is 0.335 e. The molecule has 2 rings (SSSR count). The SMILES string of the molecule is CCC(O)OC(=O)C(C(=O)OC)(c1ccccc1)c1ccccc1. The molecule has 24 heavy (non-hydrogen) atoms. The number of hydrogen-bond acceptors (Lipinski definition) is 5. The number of aliphatic hydroxyl groups excluding tert-OH is 1. The Morgan fingerprint density at radius 2 is 1.42 bits per heavy atom. The molecule has 0 fully saturated rings. The Labute approximate surface area is 140 Å². The minimum absolute atomic E-state index is 0.215. The lowest BCUT2D eigenvalue weighted by atomic mass is 9.74. The van der Waals surface area contributed by atoms with E-state index in [1.54, 1.807) is 67.6 Å². The first kappa shape index (κ1) is 17.7. The molecule has 0 aliphatic rings. The molecule has 0 heterocycles. The van der Waals surface area contributed by atoms with Crippen LogP contribution in [0.1, 0.15) is 24.5 Å². The maximum absolute atomic E-state index is 13.0. The number of esters is 2. The molecule has 5 heteroatoms. The van der Waals surface area contributed by atoms with Crippen LogP contribution in [-0.2, 0) is 24.5 Å². The van der Waals surface area contributed by atoms with Gasteiger partial charge in [-0.25, -0.2) is 4.79 Å². The normalized spacial score (nSPS) is 12.3. The Morgan fingerprint density at radius 3 is 1.79 bits per heavy atom. The predicted octanol–water partition coefficient (Wildman–Crippen LogP) is 2.42. The van der Waals surface area contributed by atoms with E-state index in [1.165, 1.54) is 7.11 Å². The zero-order valence-electron chi connectivity index (χ0n) is 13.6. The highest BCUT2D eigenvalue weighted by molar-refractivity contribution is 6.10. The molecule has 0 saturated heterocycles. The molecule has 0 amide bonds. The van der Waals surface area contributed by atoms with Crippen LogP contribution in [0.15, 0.2) is 60.7 Å². The lowest BCUT2D eigenvalue weighted by Gasteiger charge is -2.30. The molecule has 1 atom stereocenters. The van der Waals surface area contributed by atoms with E-state index in [1.807, 2.05) is 0 Å². The number of ether oxygens (including phenoxy) is 2. The molecule has 0 aromatic heterocycles. The Bertz CT molecular complexity index is 642. The van der Waals surface area contributed by atoms with E-state index in [0.29, 0.717) is 11.1 Å². The zero-order valence-corrected chi connectivity index (χ0v) is 13.6. The lowest BCUT2D eigenvalue weighted by molar-refractivity contribution is -0.178. The van der Waals surface area contributed by atoms with Gasteiger partial charge in [-0.2, -0.15) is 0 Å². The molecule has 0 aliphatic carbocycles. The summed E-state index contributed by atoms with van der Waals surface area (Å²) in [5.74, 6) is -1.64. The fourth-order valence-corrected chi connectivity index (χ4v) is 2.55. The molecular formula is C19H20O5. The van der Waals surface area contributed by atoms with Crippen molar-refractivity contribution in [2.45, 2.75) is 25.0 Å². The van der Waals surface area contributed by atoms with Crippen LogP contribution in [0.4, 0.5) is 0 Å². The Kier molecular flexibility index (Phi) is 5.71. The lowest BCUT2D eigenvalue weighted by Crippen LogP contribution is -2.48. The van der Waals surface area contributed by atoms with Crippen LogP contribution in [0.5, 0.6) is 0 Å². The quantitative estimate of drug-likeness (QED) is 0.501. The minimum atomic E-state index is -1.80. The average Bonchev–Trinajstić information content (AvgIpc) is 2.63. The maximum atomic E-state index is 13.0. The highest BCUT2D eigenvalue weighted by atomic mass is 16.6. The first-order valence-corrected chi connectivity index (χ1v) is 7.66. The Balaban J connectivity index is 2.70. The molecule has 0 bridgehead atoms. The number of aliphatic hydroxyl groups is 1. The van der Waals surface area contributed by atoms with Crippen LogP contribution in [0.25, 0.3) is 0 Å². The van der Waals surface area contributed by atoms with Gasteiger partial charge in [0.05, 0.1) is 7.11 Å². The number of carbonyl (C=O) groups excluding carboxylic acids is 2. The summed E-state index contributed by atoms with van der Waals surface area (Å²) in [5.41, 5.74) is -0.972. The van der Waals surface area contributed by atoms with Crippen LogP contribution >= 0.6 is 0 Å². The van der Waals surface area contributed by atoms with Gasteiger partial charge < -0.3 is 14.6 Å².